The Labute approximate surface area is 214 Å². The number of carbonyl (C=O) groups is 6. The Balaban J connectivity index is 5.67. The van der Waals surface area contributed by atoms with E-state index in [0.29, 0.717) is 0 Å². The summed E-state index contributed by atoms with van der Waals surface area (Å²) in [5.74, 6) is -5.69. The Morgan fingerprint density at radius 1 is 0.757 bits per heavy atom. The lowest BCUT2D eigenvalue weighted by molar-refractivity contribution is -0.143. The number of aliphatic carboxylic acids is 1. The molecular weight excluding hydrogens is 490 g/mol. The highest BCUT2D eigenvalue weighted by Gasteiger charge is 2.31. The number of carboxylic acids is 1. The number of hydrogen-bond donors (Lipinski definition) is 9. The van der Waals surface area contributed by atoms with Crippen molar-refractivity contribution in [3.63, 3.8) is 0 Å². The van der Waals surface area contributed by atoms with E-state index in [9.17, 15) is 33.9 Å². The van der Waals surface area contributed by atoms with Crippen LogP contribution >= 0.6 is 0 Å². The number of aliphatic imine (C=N–C) groups is 1. The number of carbonyl (C=O) groups excluding carboxylic acids is 5. The summed E-state index contributed by atoms with van der Waals surface area (Å²) in [5.41, 5.74) is 26.5. The van der Waals surface area contributed by atoms with Gasteiger partial charge >= 0.3 is 5.97 Å². The van der Waals surface area contributed by atoms with E-state index in [-0.39, 0.29) is 51.0 Å². The predicted octanol–water partition coefficient (Wildman–Crippen LogP) is -3.91. The van der Waals surface area contributed by atoms with Gasteiger partial charge in [-0.05, 0) is 31.6 Å². The molecule has 210 valence electrons. The highest BCUT2D eigenvalue weighted by atomic mass is 16.4. The smallest absolute Gasteiger partial charge is 0.326 e. The van der Waals surface area contributed by atoms with E-state index < -0.39 is 65.6 Å². The maximum absolute atomic E-state index is 13.0. The number of hydrogen-bond acceptors (Lipinski definition) is 8. The Bertz CT molecular complexity index is 859. The Morgan fingerprint density at radius 2 is 1.24 bits per heavy atom. The van der Waals surface area contributed by atoms with E-state index in [4.69, 9.17) is 28.7 Å². The largest absolute Gasteiger partial charge is 0.480 e. The van der Waals surface area contributed by atoms with E-state index in [0.717, 1.165) is 0 Å². The van der Waals surface area contributed by atoms with Gasteiger partial charge in [0.25, 0.3) is 0 Å². The molecule has 0 aliphatic rings. The van der Waals surface area contributed by atoms with Gasteiger partial charge in [0.05, 0.1) is 6.04 Å². The van der Waals surface area contributed by atoms with Crippen LogP contribution in [0.4, 0.5) is 0 Å². The second-order valence-corrected chi connectivity index (χ2v) is 8.76. The first kappa shape index (κ1) is 33.0. The van der Waals surface area contributed by atoms with Crippen LogP contribution in [-0.4, -0.2) is 77.3 Å². The fraction of sp³-hybridized carbons (Fsp3) is 0.667. The van der Waals surface area contributed by atoms with Gasteiger partial charge in [0, 0.05) is 19.4 Å². The summed E-state index contributed by atoms with van der Waals surface area (Å²) in [6, 6.07) is -4.93. The third-order valence-corrected chi connectivity index (χ3v) is 5.16. The minimum atomic E-state index is -1.31. The van der Waals surface area contributed by atoms with Crippen LogP contribution in [0.3, 0.4) is 0 Å². The van der Waals surface area contributed by atoms with E-state index >= 15 is 0 Å². The van der Waals surface area contributed by atoms with Crippen LogP contribution in [0.25, 0.3) is 0 Å². The van der Waals surface area contributed by atoms with E-state index in [1.807, 2.05) is 0 Å². The number of guanidine groups is 1. The molecule has 0 saturated carbocycles. The molecule has 0 aliphatic heterocycles. The number of rotatable bonds is 18. The van der Waals surface area contributed by atoms with Gasteiger partial charge in [-0.15, -0.1) is 0 Å². The third kappa shape index (κ3) is 14.3. The number of primary amides is 2. The molecule has 0 spiro atoms. The van der Waals surface area contributed by atoms with Gasteiger partial charge in [-0.3, -0.25) is 29.0 Å². The summed E-state index contributed by atoms with van der Waals surface area (Å²) in [6.07, 6.45) is -0.454. The van der Waals surface area contributed by atoms with Crippen LogP contribution in [-0.2, 0) is 28.8 Å². The number of amides is 5. The molecule has 0 rings (SSSR count). The molecule has 4 atom stereocenters. The molecule has 0 fully saturated rings. The number of carboxylic acid groups (broad SMARTS) is 1. The average Bonchev–Trinajstić information content (AvgIpc) is 2.78. The molecule has 0 aromatic carbocycles. The SMILES string of the molecule is CC(C)C(NC(=O)C(CCCN=C(N)N)NC(=O)C(CCC(N)=O)NC(=O)C(N)CCC(N)=O)C(=O)O. The Kier molecular flexibility index (Phi) is 14.9. The lowest BCUT2D eigenvalue weighted by Crippen LogP contribution is -2.57. The van der Waals surface area contributed by atoms with Crippen molar-refractivity contribution in [2.75, 3.05) is 6.54 Å². The monoisotopic (exact) mass is 529 g/mol. The van der Waals surface area contributed by atoms with Gasteiger partial charge < -0.3 is 49.7 Å². The van der Waals surface area contributed by atoms with Crippen LogP contribution in [0, 0.1) is 5.92 Å². The lowest BCUT2D eigenvalue weighted by Gasteiger charge is -2.26. The summed E-state index contributed by atoms with van der Waals surface area (Å²) in [5, 5.41) is 16.6. The van der Waals surface area contributed by atoms with Crippen molar-refractivity contribution in [2.45, 2.75) is 76.5 Å². The summed E-state index contributed by atoms with van der Waals surface area (Å²) in [7, 11) is 0. The normalized spacial score (nSPS) is 13.9. The average molecular weight is 530 g/mol. The van der Waals surface area contributed by atoms with Gasteiger partial charge in [0.15, 0.2) is 5.96 Å². The third-order valence-electron chi connectivity index (χ3n) is 5.16. The molecule has 37 heavy (non-hydrogen) atoms. The first-order valence-electron chi connectivity index (χ1n) is 11.7. The fourth-order valence-electron chi connectivity index (χ4n) is 3.08. The molecule has 14 N–H and O–H groups in total. The topological polar surface area (TPSA) is 301 Å². The second kappa shape index (κ2) is 16.7. The zero-order chi connectivity index (χ0) is 28.7. The predicted molar refractivity (Wildman–Crippen MR) is 133 cm³/mol. The van der Waals surface area contributed by atoms with E-state index in [1.54, 1.807) is 13.8 Å². The lowest BCUT2D eigenvalue weighted by atomic mass is 10.0. The number of nitrogens with one attached hydrogen (secondary N) is 3. The molecule has 0 radical (unpaired) electrons. The fourth-order valence-corrected chi connectivity index (χ4v) is 3.08. The minimum absolute atomic E-state index is 0.0212. The quantitative estimate of drug-likeness (QED) is 0.0472. The molecule has 16 nitrogen and oxygen atoms in total. The van der Waals surface area contributed by atoms with Crippen molar-refractivity contribution in [2.24, 2.45) is 39.6 Å². The Hall–Kier alpha value is -3.95. The van der Waals surface area contributed by atoms with Crippen molar-refractivity contribution in [3.8, 4) is 0 Å². The molecule has 16 heteroatoms. The molecular formula is C21H39N9O7. The van der Waals surface area contributed by atoms with Crippen LogP contribution in [0.1, 0.15) is 52.4 Å². The summed E-state index contributed by atoms with van der Waals surface area (Å²) in [6.45, 7) is 3.33. The van der Waals surface area contributed by atoms with Crippen molar-refractivity contribution >= 4 is 41.5 Å². The summed E-state index contributed by atoms with van der Waals surface area (Å²) >= 11 is 0. The molecule has 0 saturated heterocycles. The maximum atomic E-state index is 13.0. The zero-order valence-electron chi connectivity index (χ0n) is 21.1. The number of nitrogens with two attached hydrogens (primary N) is 5. The van der Waals surface area contributed by atoms with Crippen LogP contribution < -0.4 is 44.6 Å². The Morgan fingerprint density at radius 3 is 1.73 bits per heavy atom. The van der Waals surface area contributed by atoms with Gasteiger partial charge in [-0.25, -0.2) is 4.79 Å². The van der Waals surface area contributed by atoms with Gasteiger partial charge in [-0.2, -0.15) is 0 Å². The van der Waals surface area contributed by atoms with Gasteiger partial charge in [0.1, 0.15) is 18.1 Å². The minimum Gasteiger partial charge on any atom is -0.480 e. The van der Waals surface area contributed by atoms with Gasteiger partial charge in [0.2, 0.25) is 29.5 Å². The summed E-state index contributed by atoms with van der Waals surface area (Å²) in [4.78, 5) is 75.9. The van der Waals surface area contributed by atoms with Crippen molar-refractivity contribution in [3.05, 3.63) is 0 Å². The van der Waals surface area contributed by atoms with Crippen LogP contribution in [0.5, 0.6) is 0 Å². The molecule has 0 bridgehead atoms. The molecule has 0 heterocycles. The summed E-state index contributed by atoms with van der Waals surface area (Å²) < 4.78 is 0. The molecule has 0 aromatic heterocycles. The van der Waals surface area contributed by atoms with Crippen LogP contribution in [0.15, 0.2) is 4.99 Å². The highest BCUT2D eigenvalue weighted by Crippen LogP contribution is 2.07. The second-order valence-electron chi connectivity index (χ2n) is 8.76. The van der Waals surface area contributed by atoms with Crippen molar-refractivity contribution in [1.82, 2.24) is 16.0 Å². The zero-order valence-corrected chi connectivity index (χ0v) is 21.1. The first-order valence-corrected chi connectivity index (χ1v) is 11.7. The van der Waals surface area contributed by atoms with E-state index in [1.165, 1.54) is 0 Å². The molecule has 4 unspecified atom stereocenters. The number of nitrogens with zero attached hydrogens (tertiary/aromatic N) is 1. The first-order chi connectivity index (χ1) is 17.1. The standard InChI is InChI=1S/C21H39N9O7/c1-10(2)16(20(36)37)30-19(35)12(4-3-9-27-21(25)26)29-18(34)13(6-8-15(24)32)28-17(33)11(22)5-7-14(23)31/h10-13,16H,3-9,22H2,1-2H3,(H2,23,31)(H2,24,32)(H,28,33)(H,29,34)(H,30,35)(H,36,37)(H4,25,26,27). The molecule has 0 aliphatic carbocycles. The van der Waals surface area contributed by atoms with Crippen molar-refractivity contribution < 1.29 is 33.9 Å². The van der Waals surface area contributed by atoms with E-state index in [2.05, 4.69) is 20.9 Å². The maximum Gasteiger partial charge on any atom is 0.326 e. The molecule has 0 aromatic rings. The molecule has 5 amide bonds. The van der Waals surface area contributed by atoms with Crippen molar-refractivity contribution in [1.29, 1.82) is 0 Å². The highest BCUT2D eigenvalue weighted by molar-refractivity contribution is 5.94. The van der Waals surface area contributed by atoms with Crippen LogP contribution in [0.2, 0.25) is 0 Å². The van der Waals surface area contributed by atoms with Gasteiger partial charge in [-0.1, -0.05) is 13.8 Å².